The number of fused-ring (bicyclic) bond motifs is 1. The van der Waals surface area contributed by atoms with Gasteiger partial charge in [0.05, 0.1) is 28.8 Å². The Bertz CT molecular complexity index is 875. The molecule has 1 N–H and O–H groups in total. The quantitative estimate of drug-likeness (QED) is 0.775. The lowest BCUT2D eigenvalue weighted by Gasteiger charge is -2.11. The molecule has 108 valence electrons. The molecule has 3 heterocycles. The molecule has 21 heavy (non-hydrogen) atoms. The third-order valence-electron chi connectivity index (χ3n) is 3.72. The summed E-state index contributed by atoms with van der Waals surface area (Å²) in [6.07, 6.45) is 3.01. The molecule has 0 atom stereocenters. The van der Waals surface area contributed by atoms with E-state index < -0.39 is 5.97 Å². The lowest BCUT2D eigenvalue weighted by atomic mass is 10.1. The SMILES string of the molecule is Cc1ncn(-c2c(C(=O)O)cnc3c2c(C)nn3C)c1C. The third-order valence-corrected chi connectivity index (χ3v) is 3.72. The summed E-state index contributed by atoms with van der Waals surface area (Å²) in [5.74, 6) is -1.02. The molecule has 0 bridgehead atoms. The van der Waals surface area contributed by atoms with E-state index in [0.717, 1.165) is 22.5 Å². The van der Waals surface area contributed by atoms with E-state index in [4.69, 9.17) is 0 Å². The second-order valence-electron chi connectivity index (χ2n) is 5.02. The number of rotatable bonds is 2. The summed E-state index contributed by atoms with van der Waals surface area (Å²) in [6, 6.07) is 0. The summed E-state index contributed by atoms with van der Waals surface area (Å²) >= 11 is 0. The molecule has 0 radical (unpaired) electrons. The van der Waals surface area contributed by atoms with E-state index in [0.29, 0.717) is 11.3 Å². The van der Waals surface area contributed by atoms with E-state index in [1.807, 2.05) is 20.8 Å². The van der Waals surface area contributed by atoms with Gasteiger partial charge in [-0.1, -0.05) is 0 Å². The first-order valence-electron chi connectivity index (χ1n) is 6.48. The number of pyridine rings is 1. The summed E-state index contributed by atoms with van der Waals surface area (Å²) in [5, 5.41) is 14.6. The number of carbonyl (C=O) groups is 1. The Kier molecular flexibility index (Phi) is 2.79. The highest BCUT2D eigenvalue weighted by Gasteiger charge is 2.22. The fourth-order valence-electron chi connectivity index (χ4n) is 2.52. The van der Waals surface area contributed by atoms with Crippen LogP contribution >= 0.6 is 0 Å². The maximum absolute atomic E-state index is 11.6. The van der Waals surface area contributed by atoms with Crippen LogP contribution in [-0.2, 0) is 7.05 Å². The van der Waals surface area contributed by atoms with Crippen molar-refractivity contribution in [2.75, 3.05) is 0 Å². The van der Waals surface area contributed by atoms with Gasteiger partial charge in [-0.25, -0.2) is 14.8 Å². The molecular formula is C14H15N5O2. The number of nitrogens with zero attached hydrogens (tertiary/aromatic N) is 5. The molecule has 0 saturated heterocycles. The van der Waals surface area contributed by atoms with Gasteiger partial charge in [-0.05, 0) is 20.8 Å². The normalized spacial score (nSPS) is 11.2. The maximum Gasteiger partial charge on any atom is 0.339 e. The van der Waals surface area contributed by atoms with E-state index in [-0.39, 0.29) is 5.56 Å². The van der Waals surface area contributed by atoms with Gasteiger partial charge in [-0.3, -0.25) is 4.68 Å². The van der Waals surface area contributed by atoms with Crippen molar-refractivity contribution >= 4 is 17.0 Å². The molecule has 0 amide bonds. The number of hydrogen-bond donors (Lipinski definition) is 1. The standard InChI is InChI=1S/C14H15N5O2/c1-7-9(3)19(6-16-7)12-10(14(20)21)5-15-13-11(12)8(2)17-18(13)4/h5-6H,1-4H3,(H,20,21). The molecule has 0 aromatic carbocycles. The summed E-state index contributed by atoms with van der Waals surface area (Å²) in [7, 11) is 1.79. The van der Waals surface area contributed by atoms with Gasteiger partial charge in [-0.2, -0.15) is 5.10 Å². The van der Waals surface area contributed by atoms with Crippen molar-refractivity contribution in [2.45, 2.75) is 20.8 Å². The third kappa shape index (κ3) is 1.81. The van der Waals surface area contributed by atoms with Crippen LogP contribution in [0.25, 0.3) is 16.7 Å². The molecule has 0 aliphatic carbocycles. The Morgan fingerprint density at radius 2 is 1.90 bits per heavy atom. The first kappa shape index (κ1) is 13.3. The lowest BCUT2D eigenvalue weighted by Crippen LogP contribution is -2.08. The smallest absolute Gasteiger partial charge is 0.339 e. The second kappa shape index (κ2) is 4.41. The first-order valence-corrected chi connectivity index (χ1v) is 6.48. The lowest BCUT2D eigenvalue weighted by molar-refractivity contribution is 0.0696. The zero-order chi connectivity index (χ0) is 15.3. The first-order chi connectivity index (χ1) is 9.91. The largest absolute Gasteiger partial charge is 0.478 e. The van der Waals surface area contributed by atoms with Crippen molar-refractivity contribution < 1.29 is 9.90 Å². The second-order valence-corrected chi connectivity index (χ2v) is 5.02. The summed E-state index contributed by atoms with van der Waals surface area (Å²) < 4.78 is 3.44. The predicted octanol–water partition coefficient (Wildman–Crippen LogP) is 1.78. The van der Waals surface area contributed by atoms with E-state index >= 15 is 0 Å². The molecule has 0 aliphatic rings. The number of carboxylic acids is 1. The van der Waals surface area contributed by atoms with Crippen LogP contribution in [0, 0.1) is 20.8 Å². The average molecular weight is 285 g/mol. The van der Waals surface area contributed by atoms with Gasteiger partial charge in [0.2, 0.25) is 0 Å². The molecular weight excluding hydrogens is 270 g/mol. The molecule has 0 fully saturated rings. The van der Waals surface area contributed by atoms with Crippen LogP contribution in [0.5, 0.6) is 0 Å². The number of aromatic carboxylic acids is 1. The molecule has 3 rings (SSSR count). The Morgan fingerprint density at radius 1 is 1.19 bits per heavy atom. The Labute approximate surface area is 120 Å². The molecule has 0 aliphatic heterocycles. The number of aromatic nitrogens is 5. The van der Waals surface area contributed by atoms with Gasteiger partial charge in [0, 0.05) is 18.9 Å². The fourth-order valence-corrected chi connectivity index (χ4v) is 2.52. The minimum atomic E-state index is -1.02. The minimum absolute atomic E-state index is 0.138. The van der Waals surface area contributed by atoms with Gasteiger partial charge >= 0.3 is 5.97 Å². The van der Waals surface area contributed by atoms with E-state index in [1.54, 1.807) is 22.6 Å². The zero-order valence-electron chi connectivity index (χ0n) is 12.2. The number of aryl methyl sites for hydroxylation is 3. The van der Waals surface area contributed by atoms with Crippen LogP contribution in [0.3, 0.4) is 0 Å². The molecule has 7 nitrogen and oxygen atoms in total. The highest BCUT2D eigenvalue weighted by atomic mass is 16.4. The Balaban J connectivity index is 2.50. The summed E-state index contributed by atoms with van der Waals surface area (Å²) in [5.41, 5.74) is 3.85. The van der Waals surface area contributed by atoms with Gasteiger partial charge in [0.15, 0.2) is 5.65 Å². The van der Waals surface area contributed by atoms with Crippen molar-refractivity contribution in [1.82, 2.24) is 24.3 Å². The van der Waals surface area contributed by atoms with Crippen molar-refractivity contribution in [1.29, 1.82) is 0 Å². The van der Waals surface area contributed by atoms with Crippen molar-refractivity contribution in [3.8, 4) is 5.69 Å². The maximum atomic E-state index is 11.6. The number of hydrogen-bond acceptors (Lipinski definition) is 4. The highest BCUT2D eigenvalue weighted by Crippen LogP contribution is 2.28. The molecule has 7 heteroatoms. The van der Waals surface area contributed by atoms with Crippen LogP contribution in [0.1, 0.15) is 27.4 Å². The van der Waals surface area contributed by atoms with Crippen molar-refractivity contribution in [3.63, 3.8) is 0 Å². The predicted molar refractivity (Wildman–Crippen MR) is 76.8 cm³/mol. The van der Waals surface area contributed by atoms with Crippen LogP contribution in [0.15, 0.2) is 12.5 Å². The molecule has 0 unspecified atom stereocenters. The topological polar surface area (TPSA) is 85.8 Å². The van der Waals surface area contributed by atoms with Crippen molar-refractivity contribution in [2.24, 2.45) is 7.05 Å². The van der Waals surface area contributed by atoms with Crippen molar-refractivity contribution in [3.05, 3.63) is 35.2 Å². The Morgan fingerprint density at radius 3 is 2.48 bits per heavy atom. The Hall–Kier alpha value is -2.70. The molecule has 3 aromatic heterocycles. The van der Waals surface area contributed by atoms with E-state index in [2.05, 4.69) is 15.1 Å². The summed E-state index contributed by atoms with van der Waals surface area (Å²) in [6.45, 7) is 5.64. The van der Waals surface area contributed by atoms with E-state index in [9.17, 15) is 9.90 Å². The average Bonchev–Trinajstić information content (AvgIpc) is 2.91. The van der Waals surface area contributed by atoms with Gasteiger partial charge < -0.3 is 9.67 Å². The van der Waals surface area contributed by atoms with Crippen LogP contribution in [0.2, 0.25) is 0 Å². The number of imidazole rings is 1. The zero-order valence-corrected chi connectivity index (χ0v) is 12.2. The minimum Gasteiger partial charge on any atom is -0.478 e. The molecule has 0 saturated carbocycles. The van der Waals surface area contributed by atoms with Gasteiger partial charge in [0.25, 0.3) is 0 Å². The van der Waals surface area contributed by atoms with E-state index in [1.165, 1.54) is 6.20 Å². The number of carboxylic acid groups (broad SMARTS) is 1. The molecule has 0 spiro atoms. The van der Waals surface area contributed by atoms with Crippen LogP contribution in [0.4, 0.5) is 0 Å². The van der Waals surface area contributed by atoms with Crippen LogP contribution in [-0.4, -0.2) is 35.4 Å². The van der Waals surface area contributed by atoms with Gasteiger partial charge in [0.1, 0.15) is 5.56 Å². The monoisotopic (exact) mass is 285 g/mol. The van der Waals surface area contributed by atoms with Crippen LogP contribution < -0.4 is 0 Å². The fraction of sp³-hybridized carbons (Fsp3) is 0.286. The molecule has 3 aromatic rings. The van der Waals surface area contributed by atoms with Gasteiger partial charge in [-0.15, -0.1) is 0 Å². The summed E-state index contributed by atoms with van der Waals surface area (Å²) in [4.78, 5) is 20.1. The highest BCUT2D eigenvalue weighted by molar-refractivity contribution is 6.00.